The number of carbonyl (C=O) groups is 1. The third-order valence-corrected chi connectivity index (χ3v) is 1.73. The largest absolute Gasteiger partial charge is 0.548 e. The number of halogens is 1. The molecular weight excluding hydrogens is 178 g/mol. The first-order valence-electron chi connectivity index (χ1n) is 3.11. The second kappa shape index (κ2) is 4.74. The Bertz CT molecular complexity index is 250. The van der Waals surface area contributed by atoms with E-state index in [4.69, 9.17) is 11.6 Å². The van der Waals surface area contributed by atoms with Gasteiger partial charge in [-0.3, -0.25) is 0 Å². The zero-order valence-corrected chi connectivity index (χ0v) is 7.41. The highest BCUT2D eigenvalue weighted by atomic mass is 35.5. The topological polar surface area (TPSA) is 76.6 Å². The van der Waals surface area contributed by atoms with Crippen LogP contribution in [0.4, 0.5) is 0 Å². The van der Waals surface area contributed by atoms with Gasteiger partial charge in [-0.15, -0.1) is 11.6 Å². The van der Waals surface area contributed by atoms with E-state index in [-0.39, 0.29) is 6.15 Å². The second-order valence-corrected chi connectivity index (χ2v) is 2.53. The lowest BCUT2D eigenvalue weighted by Gasteiger charge is -2.09. The molecule has 0 saturated carbocycles. The fourth-order valence-electron chi connectivity index (χ4n) is 0.758. The predicted octanol–water partition coefficient (Wildman–Crippen LogP) is 1.09. The average molecular weight is 188 g/mol. The van der Waals surface area contributed by atoms with Crippen LogP contribution in [0.25, 0.3) is 0 Å². The van der Waals surface area contributed by atoms with Gasteiger partial charge in [0.1, 0.15) is 0 Å². The van der Waals surface area contributed by atoms with Crippen LogP contribution in [0.3, 0.4) is 0 Å². The van der Waals surface area contributed by atoms with Crippen molar-refractivity contribution in [3.8, 4) is 0 Å². The van der Waals surface area contributed by atoms with Crippen LogP contribution >= 0.6 is 11.6 Å². The quantitative estimate of drug-likeness (QED) is 0.704. The number of rotatable bonds is 2. The van der Waals surface area contributed by atoms with Gasteiger partial charge in [0, 0.05) is 0 Å². The zero-order valence-electron chi connectivity index (χ0n) is 6.66. The molecular formula is C8H10ClNO2. The van der Waals surface area contributed by atoms with E-state index in [1.807, 2.05) is 0 Å². The number of alkyl halides is 1. The van der Waals surface area contributed by atoms with Gasteiger partial charge in [-0.1, -0.05) is 30.3 Å². The van der Waals surface area contributed by atoms with Gasteiger partial charge in [-0.25, -0.2) is 0 Å². The molecule has 0 bridgehead atoms. The van der Waals surface area contributed by atoms with E-state index in [0.717, 1.165) is 0 Å². The Hall–Kier alpha value is -1.06. The van der Waals surface area contributed by atoms with E-state index in [1.165, 1.54) is 0 Å². The molecule has 12 heavy (non-hydrogen) atoms. The molecule has 0 spiro atoms. The number of quaternary nitrogens is 1. The van der Waals surface area contributed by atoms with Crippen molar-refractivity contribution in [3.63, 3.8) is 0 Å². The van der Waals surface area contributed by atoms with Crippen molar-refractivity contribution < 1.29 is 9.90 Å². The van der Waals surface area contributed by atoms with Gasteiger partial charge in [-0.2, -0.15) is 0 Å². The first-order valence-corrected chi connectivity index (χ1v) is 3.55. The lowest BCUT2D eigenvalue weighted by Crippen LogP contribution is -2.26. The van der Waals surface area contributed by atoms with Crippen LogP contribution in [-0.2, 0) is 4.79 Å². The number of carbonyl (C=O) groups excluding carboxylic acids is 1. The molecule has 0 aliphatic heterocycles. The molecule has 3 nitrogen and oxygen atoms in total. The van der Waals surface area contributed by atoms with Crippen LogP contribution in [0.2, 0.25) is 0 Å². The van der Waals surface area contributed by atoms with Crippen LogP contribution in [0.15, 0.2) is 30.3 Å². The standard InChI is InChI=1S/C8H7ClO2.H3N/c9-7(8(10)11)6-4-2-1-3-5-6;/h1-5,7H,(H,10,11);1H3. The van der Waals surface area contributed by atoms with Crippen LogP contribution in [0.1, 0.15) is 10.9 Å². The summed E-state index contributed by atoms with van der Waals surface area (Å²) >= 11 is 5.48. The molecule has 0 heterocycles. The molecule has 4 N–H and O–H groups in total. The third kappa shape index (κ3) is 2.53. The Kier molecular flexibility index (Phi) is 4.33. The summed E-state index contributed by atoms with van der Waals surface area (Å²) in [5, 5.41) is 9.21. The molecule has 0 fully saturated rings. The second-order valence-electron chi connectivity index (χ2n) is 2.09. The minimum atomic E-state index is -1.27. The van der Waals surface area contributed by atoms with Crippen molar-refractivity contribution in [2.45, 2.75) is 5.38 Å². The van der Waals surface area contributed by atoms with Crippen molar-refractivity contribution in [3.05, 3.63) is 35.9 Å². The summed E-state index contributed by atoms with van der Waals surface area (Å²) < 4.78 is 0. The van der Waals surface area contributed by atoms with Crippen molar-refractivity contribution in [1.29, 1.82) is 0 Å². The Labute approximate surface area is 75.6 Å². The van der Waals surface area contributed by atoms with Gasteiger partial charge in [0.15, 0.2) is 0 Å². The summed E-state index contributed by atoms with van der Waals surface area (Å²) in [6, 6.07) is 8.55. The molecule has 1 rings (SSSR count). The predicted molar refractivity (Wildman–Crippen MR) is 46.0 cm³/mol. The van der Waals surface area contributed by atoms with Crippen LogP contribution < -0.4 is 11.3 Å². The summed E-state index contributed by atoms with van der Waals surface area (Å²) in [4.78, 5) is 10.3. The molecule has 1 aromatic rings. The molecule has 1 aromatic carbocycles. The van der Waals surface area contributed by atoms with E-state index >= 15 is 0 Å². The summed E-state index contributed by atoms with van der Waals surface area (Å²) in [7, 11) is 0. The number of aliphatic carboxylic acids is 1. The van der Waals surface area contributed by atoms with Gasteiger partial charge >= 0.3 is 0 Å². The van der Waals surface area contributed by atoms with Gasteiger partial charge < -0.3 is 16.1 Å². The maximum Gasteiger partial charge on any atom is 0.0979 e. The highest BCUT2D eigenvalue weighted by Gasteiger charge is 2.06. The van der Waals surface area contributed by atoms with E-state index < -0.39 is 11.3 Å². The van der Waals surface area contributed by atoms with Crippen LogP contribution in [0, 0.1) is 0 Å². The maximum absolute atomic E-state index is 10.3. The molecule has 4 heteroatoms. The molecule has 0 aromatic heterocycles. The monoisotopic (exact) mass is 187 g/mol. The highest BCUT2D eigenvalue weighted by Crippen LogP contribution is 2.18. The van der Waals surface area contributed by atoms with Crippen LogP contribution in [0.5, 0.6) is 0 Å². The fourth-order valence-corrected chi connectivity index (χ4v) is 0.904. The number of hydrogen-bond acceptors (Lipinski definition) is 2. The van der Waals surface area contributed by atoms with E-state index in [2.05, 4.69) is 0 Å². The lowest BCUT2D eigenvalue weighted by atomic mass is 10.1. The first-order chi connectivity index (χ1) is 5.22. The Morgan fingerprint density at radius 2 is 1.83 bits per heavy atom. The van der Waals surface area contributed by atoms with E-state index in [9.17, 15) is 9.90 Å². The molecule has 1 unspecified atom stereocenters. The van der Waals surface area contributed by atoms with Crippen molar-refractivity contribution in [2.75, 3.05) is 0 Å². The lowest BCUT2D eigenvalue weighted by molar-refractivity contribution is -0.305. The minimum absolute atomic E-state index is 0. The zero-order chi connectivity index (χ0) is 8.27. The first kappa shape index (κ1) is 10.9. The number of hydrogen-bond donors (Lipinski definition) is 1. The van der Waals surface area contributed by atoms with Gasteiger partial charge in [-0.05, 0) is 5.56 Å². The van der Waals surface area contributed by atoms with Gasteiger partial charge in [0.2, 0.25) is 0 Å². The highest BCUT2D eigenvalue weighted by molar-refractivity contribution is 6.29. The SMILES string of the molecule is O=C([O-])C(Cl)c1ccccc1.[NH4+]. The van der Waals surface area contributed by atoms with Crippen molar-refractivity contribution in [2.24, 2.45) is 0 Å². The molecule has 1 atom stereocenters. The van der Waals surface area contributed by atoms with Gasteiger partial charge in [0.25, 0.3) is 0 Å². The summed E-state index contributed by atoms with van der Waals surface area (Å²) in [5.74, 6) is -1.27. The number of benzene rings is 1. The molecule has 0 amide bonds. The summed E-state index contributed by atoms with van der Waals surface area (Å²) in [6.07, 6.45) is 0. The molecule has 66 valence electrons. The average Bonchev–Trinajstić information content (AvgIpc) is 2.05. The molecule has 0 saturated heterocycles. The third-order valence-electron chi connectivity index (χ3n) is 1.30. The van der Waals surface area contributed by atoms with E-state index in [1.54, 1.807) is 30.3 Å². The van der Waals surface area contributed by atoms with Crippen LogP contribution in [-0.4, -0.2) is 5.97 Å². The summed E-state index contributed by atoms with van der Waals surface area (Å²) in [6.45, 7) is 0. The van der Waals surface area contributed by atoms with E-state index in [0.29, 0.717) is 5.56 Å². The normalized spacial score (nSPS) is 11.4. The Morgan fingerprint density at radius 3 is 2.25 bits per heavy atom. The smallest absolute Gasteiger partial charge is 0.0979 e. The minimum Gasteiger partial charge on any atom is -0.548 e. The number of carboxylic acid groups (broad SMARTS) is 1. The summed E-state index contributed by atoms with van der Waals surface area (Å²) in [5.41, 5.74) is 0.550. The van der Waals surface area contributed by atoms with Crippen molar-refractivity contribution >= 4 is 17.6 Å². The number of carboxylic acids is 1. The Morgan fingerprint density at radius 1 is 1.33 bits per heavy atom. The maximum atomic E-state index is 10.3. The van der Waals surface area contributed by atoms with Gasteiger partial charge in [0.05, 0.1) is 11.3 Å². The van der Waals surface area contributed by atoms with Crippen molar-refractivity contribution in [1.82, 2.24) is 6.15 Å². The Balaban J connectivity index is 0.00000121. The molecule has 0 aliphatic rings. The molecule has 0 radical (unpaired) electrons. The fraction of sp³-hybridized carbons (Fsp3) is 0.125. The molecule has 0 aliphatic carbocycles.